The van der Waals surface area contributed by atoms with Crippen LogP contribution < -0.4 is 0 Å². The molecule has 2 aliphatic rings. The Kier molecular flexibility index (Phi) is 9.46. The first-order valence-electron chi connectivity index (χ1n) is 10.7. The van der Waals surface area contributed by atoms with Crippen molar-refractivity contribution in [2.24, 2.45) is 5.92 Å². The predicted molar refractivity (Wildman–Crippen MR) is 103 cm³/mol. The molecule has 11 nitrogen and oxygen atoms in total. The summed E-state index contributed by atoms with van der Waals surface area (Å²) in [5.74, 6) is -4.83. The first-order valence-corrected chi connectivity index (χ1v) is 10.7. The van der Waals surface area contributed by atoms with E-state index in [9.17, 15) is 30.0 Å². The molecule has 5 N–H and O–H groups in total. The number of rotatable bonds is 8. The van der Waals surface area contributed by atoms with Crippen LogP contribution in [0.25, 0.3) is 0 Å². The smallest absolute Gasteiger partial charge is 0.431 e. The third-order valence-corrected chi connectivity index (χ3v) is 5.65. The van der Waals surface area contributed by atoms with Crippen molar-refractivity contribution in [2.45, 2.75) is 101 Å². The maximum Gasteiger partial charge on any atom is 0.511 e. The lowest BCUT2D eigenvalue weighted by Crippen LogP contribution is -2.59. The second-order valence-corrected chi connectivity index (χ2v) is 8.32. The van der Waals surface area contributed by atoms with E-state index in [2.05, 4.69) is 0 Å². The zero-order valence-electron chi connectivity index (χ0n) is 17.9. The van der Waals surface area contributed by atoms with Crippen LogP contribution in [0.15, 0.2) is 0 Å². The highest BCUT2D eigenvalue weighted by atomic mass is 16.8. The second-order valence-electron chi connectivity index (χ2n) is 8.32. The number of esters is 1. The molecule has 0 radical (unpaired) electrons. The zero-order valence-corrected chi connectivity index (χ0v) is 17.9. The Bertz CT molecular complexity index is 592. The molecular weight excluding hydrogens is 416 g/mol. The van der Waals surface area contributed by atoms with E-state index >= 15 is 0 Å². The van der Waals surface area contributed by atoms with Gasteiger partial charge in [0.1, 0.15) is 6.10 Å². The highest BCUT2D eigenvalue weighted by molar-refractivity contribution is 5.78. The SMILES string of the molecule is CC(OC(=O)OC1CCCCC1)OC(=O)C1(O)CC(O)C([C@@H](C)O)C(C[C@H](O)CO)O1. The Balaban J connectivity index is 1.95. The largest absolute Gasteiger partial charge is 0.511 e. The molecule has 1 saturated heterocycles. The molecule has 1 heterocycles. The molecule has 0 aromatic heterocycles. The third-order valence-electron chi connectivity index (χ3n) is 5.65. The number of ether oxygens (including phenoxy) is 4. The topological polar surface area (TPSA) is 172 Å². The van der Waals surface area contributed by atoms with E-state index in [1.807, 2.05) is 0 Å². The molecule has 0 spiro atoms. The molecule has 5 unspecified atom stereocenters. The first-order chi connectivity index (χ1) is 14.6. The summed E-state index contributed by atoms with van der Waals surface area (Å²) in [6.07, 6.45) is -3.90. The molecule has 1 aliphatic carbocycles. The highest BCUT2D eigenvalue weighted by Crippen LogP contribution is 2.36. The van der Waals surface area contributed by atoms with Crippen LogP contribution in [-0.4, -0.2) is 86.9 Å². The Morgan fingerprint density at radius 1 is 1.13 bits per heavy atom. The van der Waals surface area contributed by atoms with Crippen LogP contribution in [0.3, 0.4) is 0 Å². The quantitative estimate of drug-likeness (QED) is 0.248. The molecule has 31 heavy (non-hydrogen) atoms. The van der Waals surface area contributed by atoms with E-state index in [1.54, 1.807) is 0 Å². The Labute approximate surface area is 180 Å². The molecule has 2 fully saturated rings. The van der Waals surface area contributed by atoms with Crippen LogP contribution in [0.4, 0.5) is 4.79 Å². The Morgan fingerprint density at radius 2 is 1.77 bits per heavy atom. The van der Waals surface area contributed by atoms with Crippen molar-refractivity contribution in [3.8, 4) is 0 Å². The van der Waals surface area contributed by atoms with Crippen LogP contribution >= 0.6 is 0 Å². The molecular formula is C20H34O11. The van der Waals surface area contributed by atoms with Gasteiger partial charge in [0.05, 0.1) is 31.0 Å². The van der Waals surface area contributed by atoms with E-state index in [-0.39, 0.29) is 12.5 Å². The number of carbonyl (C=O) groups is 2. The van der Waals surface area contributed by atoms with E-state index in [1.165, 1.54) is 13.8 Å². The minimum atomic E-state index is -2.60. The molecule has 0 bridgehead atoms. The van der Waals surface area contributed by atoms with Crippen LogP contribution in [0.1, 0.15) is 58.8 Å². The number of aliphatic hydroxyl groups excluding tert-OH is 4. The highest BCUT2D eigenvalue weighted by Gasteiger charge is 2.53. The van der Waals surface area contributed by atoms with Gasteiger partial charge in [0, 0.05) is 25.7 Å². The normalized spacial score (nSPS) is 32.5. The average molecular weight is 450 g/mol. The average Bonchev–Trinajstić information content (AvgIpc) is 2.67. The summed E-state index contributed by atoms with van der Waals surface area (Å²) in [6, 6.07) is 0. The van der Waals surface area contributed by atoms with Gasteiger partial charge >= 0.3 is 12.1 Å². The number of carbonyl (C=O) groups excluding carboxylic acids is 2. The van der Waals surface area contributed by atoms with E-state index in [4.69, 9.17) is 24.1 Å². The maximum atomic E-state index is 12.5. The fourth-order valence-electron chi connectivity index (χ4n) is 4.11. The van der Waals surface area contributed by atoms with E-state index < -0.39 is 67.6 Å². The minimum Gasteiger partial charge on any atom is -0.431 e. The summed E-state index contributed by atoms with van der Waals surface area (Å²) < 4.78 is 20.4. The summed E-state index contributed by atoms with van der Waals surface area (Å²) >= 11 is 0. The monoisotopic (exact) mass is 450 g/mol. The number of aliphatic hydroxyl groups is 5. The number of hydrogen-bond acceptors (Lipinski definition) is 11. The summed E-state index contributed by atoms with van der Waals surface area (Å²) in [5, 5.41) is 49.8. The van der Waals surface area contributed by atoms with Crippen LogP contribution in [0.5, 0.6) is 0 Å². The molecule has 2 rings (SSSR count). The lowest BCUT2D eigenvalue weighted by Gasteiger charge is -2.44. The summed E-state index contributed by atoms with van der Waals surface area (Å²) in [7, 11) is 0. The number of hydrogen-bond donors (Lipinski definition) is 5. The maximum absolute atomic E-state index is 12.5. The van der Waals surface area contributed by atoms with Gasteiger partial charge in [-0.05, 0) is 32.6 Å². The Morgan fingerprint density at radius 3 is 2.35 bits per heavy atom. The molecule has 1 saturated carbocycles. The van der Waals surface area contributed by atoms with Crippen molar-refractivity contribution >= 4 is 12.1 Å². The lowest BCUT2D eigenvalue weighted by atomic mass is 9.81. The Hall–Kier alpha value is -1.50. The lowest BCUT2D eigenvalue weighted by molar-refractivity contribution is -0.303. The van der Waals surface area contributed by atoms with Gasteiger partial charge in [0.15, 0.2) is 0 Å². The molecule has 180 valence electrons. The van der Waals surface area contributed by atoms with Gasteiger partial charge in [-0.1, -0.05) is 6.42 Å². The van der Waals surface area contributed by atoms with Gasteiger partial charge in [-0.25, -0.2) is 9.59 Å². The van der Waals surface area contributed by atoms with Crippen molar-refractivity contribution in [3.05, 3.63) is 0 Å². The van der Waals surface area contributed by atoms with Gasteiger partial charge in [0.2, 0.25) is 6.29 Å². The summed E-state index contributed by atoms with van der Waals surface area (Å²) in [4.78, 5) is 24.4. The predicted octanol–water partition coefficient (Wildman–Crippen LogP) is -0.0598. The van der Waals surface area contributed by atoms with E-state index in [0.717, 1.165) is 32.1 Å². The molecule has 0 amide bonds. The molecule has 1 aliphatic heterocycles. The molecule has 7 atom stereocenters. The van der Waals surface area contributed by atoms with Crippen LogP contribution in [-0.2, 0) is 23.7 Å². The van der Waals surface area contributed by atoms with Crippen molar-refractivity contribution < 1.29 is 54.1 Å². The minimum absolute atomic E-state index is 0.249. The zero-order chi connectivity index (χ0) is 23.2. The molecule has 0 aromatic rings. The molecule has 0 aromatic carbocycles. The third kappa shape index (κ3) is 7.26. The first kappa shape index (κ1) is 25.8. The fourth-order valence-corrected chi connectivity index (χ4v) is 4.11. The van der Waals surface area contributed by atoms with Crippen molar-refractivity contribution in [1.29, 1.82) is 0 Å². The van der Waals surface area contributed by atoms with Crippen molar-refractivity contribution in [2.75, 3.05) is 6.61 Å². The van der Waals surface area contributed by atoms with Crippen molar-refractivity contribution in [1.82, 2.24) is 0 Å². The van der Waals surface area contributed by atoms with Crippen molar-refractivity contribution in [3.63, 3.8) is 0 Å². The van der Waals surface area contributed by atoms with Gasteiger partial charge in [0.25, 0.3) is 5.79 Å². The van der Waals surface area contributed by atoms with Gasteiger partial charge in [-0.15, -0.1) is 0 Å². The van der Waals surface area contributed by atoms with Crippen LogP contribution in [0, 0.1) is 5.92 Å². The van der Waals surface area contributed by atoms with Gasteiger partial charge in [-0.2, -0.15) is 0 Å². The summed E-state index contributed by atoms with van der Waals surface area (Å²) in [5.41, 5.74) is 0. The second kappa shape index (κ2) is 11.4. The van der Waals surface area contributed by atoms with E-state index in [0.29, 0.717) is 0 Å². The fraction of sp³-hybridized carbons (Fsp3) is 0.900. The summed E-state index contributed by atoms with van der Waals surface area (Å²) in [6.45, 7) is 2.04. The van der Waals surface area contributed by atoms with Gasteiger partial charge in [-0.3, -0.25) is 0 Å². The standard InChI is InChI=1S/C20H34O11/c1-11(22)17-15(24)9-20(27,31-16(17)8-13(23)10-21)18(25)28-12(2)29-19(26)30-14-6-4-3-5-7-14/h11-17,21-24,27H,3-10H2,1-2H3/t11-,12?,13+,15?,16?,17?,20?/m1/s1. The van der Waals surface area contributed by atoms with Crippen LogP contribution in [0.2, 0.25) is 0 Å². The molecule has 11 heteroatoms. The van der Waals surface area contributed by atoms with Gasteiger partial charge < -0.3 is 44.5 Å².